The first kappa shape index (κ1) is 16.0. The van der Waals surface area contributed by atoms with E-state index in [0.717, 1.165) is 16.0 Å². The topological polar surface area (TPSA) is 57.6 Å². The van der Waals surface area contributed by atoms with E-state index in [0.29, 0.717) is 16.3 Å². The van der Waals surface area contributed by atoms with E-state index in [1.165, 1.54) is 15.6 Å². The van der Waals surface area contributed by atoms with Gasteiger partial charge >= 0.3 is 0 Å². The van der Waals surface area contributed by atoms with Crippen molar-refractivity contribution in [2.75, 3.05) is 18.0 Å². The van der Waals surface area contributed by atoms with Crippen LogP contribution in [0.1, 0.15) is 16.0 Å². The zero-order valence-electron chi connectivity index (χ0n) is 12.3. The number of sulfonamides is 1. The molecule has 0 spiro atoms. The van der Waals surface area contributed by atoms with Gasteiger partial charge in [0.15, 0.2) is 0 Å². The quantitative estimate of drug-likeness (QED) is 0.919. The number of rotatable bonds is 5. The van der Waals surface area contributed by atoms with Crippen LogP contribution in [0.2, 0.25) is 0 Å². The van der Waals surface area contributed by atoms with Crippen LogP contribution in [0.5, 0.6) is 0 Å². The highest BCUT2D eigenvalue weighted by atomic mass is 32.2. The molecule has 21 heavy (non-hydrogen) atoms. The number of benzene rings is 1. The molecule has 0 bridgehead atoms. The molecular weight excluding hydrogens is 306 g/mol. The van der Waals surface area contributed by atoms with E-state index in [1.54, 1.807) is 19.2 Å². The molecule has 6 heteroatoms. The first-order chi connectivity index (χ1) is 9.84. The maximum atomic E-state index is 12.6. The fourth-order valence-electron chi connectivity index (χ4n) is 2.15. The van der Waals surface area contributed by atoms with Crippen molar-refractivity contribution in [1.29, 1.82) is 0 Å². The van der Waals surface area contributed by atoms with E-state index in [4.69, 9.17) is 5.11 Å². The molecule has 0 radical (unpaired) electrons. The zero-order chi connectivity index (χ0) is 15.6. The van der Waals surface area contributed by atoms with Gasteiger partial charge in [0.05, 0.1) is 5.69 Å². The lowest BCUT2D eigenvalue weighted by atomic mass is 10.1. The molecule has 1 N–H and O–H groups in total. The maximum absolute atomic E-state index is 12.6. The van der Waals surface area contributed by atoms with E-state index in [2.05, 4.69) is 0 Å². The molecule has 1 aromatic heterocycles. The second-order valence-corrected chi connectivity index (χ2v) is 8.38. The minimum Gasteiger partial charge on any atom is -0.396 e. The Morgan fingerprint density at radius 3 is 2.33 bits per heavy atom. The number of aliphatic hydroxyl groups is 1. The van der Waals surface area contributed by atoms with Crippen LogP contribution < -0.4 is 4.31 Å². The molecule has 0 aliphatic heterocycles. The van der Waals surface area contributed by atoms with Gasteiger partial charge in [-0.3, -0.25) is 4.31 Å². The van der Waals surface area contributed by atoms with Crippen molar-refractivity contribution in [2.45, 2.75) is 24.5 Å². The summed E-state index contributed by atoms with van der Waals surface area (Å²) in [5.74, 6) is 0. The van der Waals surface area contributed by atoms with Crippen molar-refractivity contribution in [3.63, 3.8) is 0 Å². The predicted octanol–water partition coefficient (Wildman–Crippen LogP) is 2.72. The van der Waals surface area contributed by atoms with Gasteiger partial charge in [0.1, 0.15) is 4.21 Å². The third kappa shape index (κ3) is 3.45. The van der Waals surface area contributed by atoms with Gasteiger partial charge in [0, 0.05) is 25.0 Å². The summed E-state index contributed by atoms with van der Waals surface area (Å²) in [6, 6.07) is 9.07. The number of thiophene rings is 1. The molecule has 0 saturated carbocycles. The summed E-state index contributed by atoms with van der Waals surface area (Å²) in [5.41, 5.74) is 2.71. The van der Waals surface area contributed by atoms with Crippen molar-refractivity contribution in [2.24, 2.45) is 0 Å². The SMILES string of the molecule is Cc1cc(C)cc(N(C)S(=O)(=O)c2ccc(CCO)s2)c1. The predicted molar refractivity (Wildman–Crippen MR) is 86.6 cm³/mol. The monoisotopic (exact) mass is 325 g/mol. The van der Waals surface area contributed by atoms with E-state index >= 15 is 0 Å². The van der Waals surface area contributed by atoms with Crippen molar-refractivity contribution >= 4 is 27.0 Å². The average molecular weight is 325 g/mol. The summed E-state index contributed by atoms with van der Waals surface area (Å²) in [5, 5.41) is 8.93. The molecule has 114 valence electrons. The highest BCUT2D eigenvalue weighted by molar-refractivity contribution is 7.94. The van der Waals surface area contributed by atoms with E-state index in [1.807, 2.05) is 32.0 Å². The number of anilines is 1. The number of aryl methyl sites for hydroxylation is 2. The molecule has 4 nitrogen and oxygen atoms in total. The minimum absolute atomic E-state index is 0.0207. The van der Waals surface area contributed by atoms with Gasteiger partial charge in [-0.2, -0.15) is 0 Å². The lowest BCUT2D eigenvalue weighted by Crippen LogP contribution is -2.25. The molecule has 0 amide bonds. The van der Waals surface area contributed by atoms with Gasteiger partial charge in [0.2, 0.25) is 0 Å². The molecule has 0 aliphatic carbocycles. The fourth-order valence-corrected chi connectivity index (χ4v) is 4.84. The smallest absolute Gasteiger partial charge is 0.273 e. The minimum atomic E-state index is -3.55. The number of nitrogens with zero attached hydrogens (tertiary/aromatic N) is 1. The highest BCUT2D eigenvalue weighted by Gasteiger charge is 2.23. The highest BCUT2D eigenvalue weighted by Crippen LogP contribution is 2.28. The first-order valence-electron chi connectivity index (χ1n) is 6.61. The van der Waals surface area contributed by atoms with Gasteiger partial charge in [0.25, 0.3) is 10.0 Å². The van der Waals surface area contributed by atoms with Crippen LogP contribution in [0.25, 0.3) is 0 Å². The molecule has 2 aromatic rings. The lowest BCUT2D eigenvalue weighted by Gasteiger charge is -2.19. The van der Waals surface area contributed by atoms with Gasteiger partial charge in [-0.15, -0.1) is 11.3 Å². The maximum Gasteiger partial charge on any atom is 0.273 e. The molecule has 0 aliphatic rings. The van der Waals surface area contributed by atoms with Crippen LogP contribution in [-0.4, -0.2) is 27.2 Å². The summed E-state index contributed by atoms with van der Waals surface area (Å²) in [6.45, 7) is 3.91. The molecule has 1 heterocycles. The van der Waals surface area contributed by atoms with Gasteiger partial charge in [-0.05, 0) is 49.2 Å². The Morgan fingerprint density at radius 2 is 1.76 bits per heavy atom. The Bertz CT molecular complexity index is 715. The summed E-state index contributed by atoms with van der Waals surface area (Å²) in [6.07, 6.45) is 0.480. The third-order valence-electron chi connectivity index (χ3n) is 3.18. The van der Waals surface area contributed by atoms with Crippen LogP contribution >= 0.6 is 11.3 Å². The van der Waals surface area contributed by atoms with Gasteiger partial charge < -0.3 is 5.11 Å². The standard InChI is InChI=1S/C15H19NO3S2/c1-11-8-12(2)10-13(9-11)16(3)21(18,19)15-5-4-14(20-15)6-7-17/h4-5,8-10,17H,6-7H2,1-3H3. The molecule has 0 saturated heterocycles. The Morgan fingerprint density at radius 1 is 1.14 bits per heavy atom. The van der Waals surface area contributed by atoms with Crippen molar-refractivity contribution in [1.82, 2.24) is 0 Å². The number of hydrogen-bond acceptors (Lipinski definition) is 4. The van der Waals surface area contributed by atoms with Crippen molar-refractivity contribution in [3.05, 3.63) is 46.3 Å². The first-order valence-corrected chi connectivity index (χ1v) is 8.87. The molecular formula is C15H19NO3S2. The number of aliphatic hydroxyl groups excluding tert-OH is 1. The van der Waals surface area contributed by atoms with Crippen LogP contribution in [0.3, 0.4) is 0 Å². The Balaban J connectivity index is 2.37. The van der Waals surface area contributed by atoms with Gasteiger partial charge in [-0.1, -0.05) is 6.07 Å². The van der Waals surface area contributed by atoms with E-state index in [-0.39, 0.29) is 6.61 Å². The molecule has 1 aromatic carbocycles. The van der Waals surface area contributed by atoms with Crippen molar-refractivity contribution < 1.29 is 13.5 Å². The normalized spacial score (nSPS) is 11.6. The van der Waals surface area contributed by atoms with Crippen LogP contribution in [0.4, 0.5) is 5.69 Å². The lowest BCUT2D eigenvalue weighted by molar-refractivity contribution is 0.300. The summed E-state index contributed by atoms with van der Waals surface area (Å²) in [4.78, 5) is 0.866. The zero-order valence-corrected chi connectivity index (χ0v) is 14.0. The molecule has 0 unspecified atom stereocenters. The second kappa shape index (κ2) is 6.17. The summed E-state index contributed by atoms with van der Waals surface area (Å²) < 4.78 is 26.9. The average Bonchev–Trinajstić information content (AvgIpc) is 2.86. The van der Waals surface area contributed by atoms with Crippen molar-refractivity contribution in [3.8, 4) is 0 Å². The molecule has 0 atom stereocenters. The summed E-state index contributed by atoms with van der Waals surface area (Å²) >= 11 is 1.21. The molecule has 2 rings (SSSR count). The van der Waals surface area contributed by atoms with Crippen LogP contribution in [-0.2, 0) is 16.4 Å². The van der Waals surface area contributed by atoms with E-state index < -0.39 is 10.0 Å². The van der Waals surface area contributed by atoms with E-state index in [9.17, 15) is 8.42 Å². The summed E-state index contributed by atoms with van der Waals surface area (Å²) in [7, 11) is -1.99. The Hall–Kier alpha value is -1.37. The van der Waals surface area contributed by atoms with Gasteiger partial charge in [-0.25, -0.2) is 8.42 Å². The fraction of sp³-hybridized carbons (Fsp3) is 0.333. The Kier molecular flexibility index (Phi) is 4.70. The van der Waals surface area contributed by atoms with Crippen LogP contribution in [0.15, 0.2) is 34.5 Å². The molecule has 0 fully saturated rings. The number of hydrogen-bond donors (Lipinski definition) is 1. The second-order valence-electron chi connectivity index (χ2n) is 5.01. The van der Waals surface area contributed by atoms with Crippen LogP contribution in [0, 0.1) is 13.8 Å². The third-order valence-corrected chi connectivity index (χ3v) is 6.58. The Labute approximate surface area is 129 Å². The largest absolute Gasteiger partial charge is 0.396 e.